The van der Waals surface area contributed by atoms with E-state index in [0.29, 0.717) is 5.92 Å². The van der Waals surface area contributed by atoms with Gasteiger partial charge in [-0.2, -0.15) is 0 Å². The molecule has 1 aliphatic carbocycles. The van der Waals surface area contributed by atoms with Gasteiger partial charge in [0.15, 0.2) is 0 Å². The molecule has 1 aromatic rings. The van der Waals surface area contributed by atoms with E-state index in [-0.39, 0.29) is 0 Å². The van der Waals surface area contributed by atoms with Crippen molar-refractivity contribution in [3.63, 3.8) is 0 Å². The lowest BCUT2D eigenvalue weighted by atomic mass is 10.1. The molecular formula is C11H16N2. The first kappa shape index (κ1) is 8.67. The molecule has 0 radical (unpaired) electrons. The van der Waals surface area contributed by atoms with Crippen molar-refractivity contribution in [2.24, 2.45) is 0 Å². The van der Waals surface area contributed by atoms with Crippen molar-refractivity contribution >= 4 is 0 Å². The van der Waals surface area contributed by atoms with Gasteiger partial charge in [-0.05, 0) is 31.7 Å². The number of rotatable bonds is 2. The van der Waals surface area contributed by atoms with Crippen molar-refractivity contribution in [2.75, 3.05) is 0 Å². The quantitative estimate of drug-likeness (QED) is 0.692. The standard InChI is InChI=1S/C11H16N2/c1-7(2)10-6-11(9-4-5-9)13-8(3)12-10/h6-7,9H,4-5H2,1-3H3. The summed E-state index contributed by atoms with van der Waals surface area (Å²) in [6.07, 6.45) is 2.63. The number of nitrogens with zero attached hydrogens (tertiary/aromatic N) is 2. The van der Waals surface area contributed by atoms with Crippen LogP contribution in [0, 0.1) is 6.92 Å². The van der Waals surface area contributed by atoms with Crippen LogP contribution in [0.2, 0.25) is 0 Å². The molecule has 1 aliphatic rings. The summed E-state index contributed by atoms with van der Waals surface area (Å²) in [5.41, 5.74) is 2.45. The van der Waals surface area contributed by atoms with Gasteiger partial charge in [-0.1, -0.05) is 13.8 Å². The molecule has 0 aliphatic heterocycles. The number of aryl methyl sites for hydroxylation is 1. The van der Waals surface area contributed by atoms with Crippen LogP contribution in [0.25, 0.3) is 0 Å². The minimum absolute atomic E-state index is 0.513. The average Bonchev–Trinajstić information content (AvgIpc) is 2.85. The summed E-state index contributed by atoms with van der Waals surface area (Å²) in [7, 11) is 0. The molecule has 0 saturated heterocycles. The van der Waals surface area contributed by atoms with Crippen LogP contribution in [0.15, 0.2) is 6.07 Å². The molecule has 0 aromatic carbocycles. The molecule has 13 heavy (non-hydrogen) atoms. The van der Waals surface area contributed by atoms with Gasteiger partial charge in [0.05, 0.1) is 0 Å². The van der Waals surface area contributed by atoms with E-state index < -0.39 is 0 Å². The van der Waals surface area contributed by atoms with E-state index in [4.69, 9.17) is 0 Å². The van der Waals surface area contributed by atoms with Crippen molar-refractivity contribution in [1.29, 1.82) is 0 Å². The van der Waals surface area contributed by atoms with E-state index in [1.165, 1.54) is 24.2 Å². The van der Waals surface area contributed by atoms with Crippen LogP contribution in [0.4, 0.5) is 0 Å². The molecule has 2 rings (SSSR count). The first-order valence-electron chi connectivity index (χ1n) is 5.02. The highest BCUT2D eigenvalue weighted by atomic mass is 14.9. The lowest BCUT2D eigenvalue weighted by Gasteiger charge is -2.07. The fourth-order valence-electron chi connectivity index (χ4n) is 1.50. The molecular weight excluding hydrogens is 160 g/mol. The van der Waals surface area contributed by atoms with Crippen LogP contribution in [0.5, 0.6) is 0 Å². The van der Waals surface area contributed by atoms with Crippen LogP contribution >= 0.6 is 0 Å². The topological polar surface area (TPSA) is 25.8 Å². The fourth-order valence-corrected chi connectivity index (χ4v) is 1.50. The van der Waals surface area contributed by atoms with Gasteiger partial charge in [-0.25, -0.2) is 9.97 Å². The zero-order valence-corrected chi connectivity index (χ0v) is 8.54. The third-order valence-electron chi connectivity index (χ3n) is 2.46. The highest BCUT2D eigenvalue weighted by Crippen LogP contribution is 2.39. The Morgan fingerprint density at radius 2 is 2.00 bits per heavy atom. The predicted octanol–water partition coefficient (Wildman–Crippen LogP) is 2.79. The first-order chi connectivity index (χ1) is 6.16. The number of aromatic nitrogens is 2. The maximum atomic E-state index is 4.47. The van der Waals surface area contributed by atoms with Gasteiger partial charge in [0, 0.05) is 17.3 Å². The molecule has 0 spiro atoms. The maximum Gasteiger partial charge on any atom is 0.125 e. The summed E-state index contributed by atoms with van der Waals surface area (Å²) in [4.78, 5) is 8.90. The summed E-state index contributed by atoms with van der Waals surface area (Å²) in [5, 5.41) is 0. The van der Waals surface area contributed by atoms with E-state index >= 15 is 0 Å². The number of hydrogen-bond acceptors (Lipinski definition) is 2. The summed E-state index contributed by atoms with van der Waals surface area (Å²) in [5.74, 6) is 2.17. The van der Waals surface area contributed by atoms with E-state index in [0.717, 1.165) is 11.7 Å². The molecule has 0 atom stereocenters. The van der Waals surface area contributed by atoms with Gasteiger partial charge in [0.25, 0.3) is 0 Å². The van der Waals surface area contributed by atoms with Crippen LogP contribution < -0.4 is 0 Å². The monoisotopic (exact) mass is 176 g/mol. The van der Waals surface area contributed by atoms with Gasteiger partial charge in [-0.3, -0.25) is 0 Å². The van der Waals surface area contributed by atoms with Crippen LogP contribution in [-0.4, -0.2) is 9.97 Å². The Morgan fingerprint density at radius 3 is 2.54 bits per heavy atom. The van der Waals surface area contributed by atoms with Crippen molar-refractivity contribution < 1.29 is 0 Å². The van der Waals surface area contributed by atoms with Crippen LogP contribution in [0.1, 0.15) is 55.7 Å². The van der Waals surface area contributed by atoms with Crippen LogP contribution in [-0.2, 0) is 0 Å². The third-order valence-corrected chi connectivity index (χ3v) is 2.46. The second-order valence-corrected chi connectivity index (χ2v) is 4.19. The lowest BCUT2D eigenvalue weighted by Crippen LogP contribution is -2.00. The molecule has 2 nitrogen and oxygen atoms in total. The van der Waals surface area contributed by atoms with Crippen LogP contribution in [0.3, 0.4) is 0 Å². The second kappa shape index (κ2) is 3.09. The Kier molecular flexibility index (Phi) is 2.06. The predicted molar refractivity (Wildman–Crippen MR) is 52.8 cm³/mol. The highest BCUT2D eigenvalue weighted by molar-refractivity contribution is 5.20. The zero-order valence-electron chi connectivity index (χ0n) is 8.54. The van der Waals surface area contributed by atoms with Crippen molar-refractivity contribution in [1.82, 2.24) is 9.97 Å². The molecule has 0 N–H and O–H groups in total. The summed E-state index contributed by atoms with van der Waals surface area (Å²) < 4.78 is 0. The largest absolute Gasteiger partial charge is 0.238 e. The lowest BCUT2D eigenvalue weighted by molar-refractivity contribution is 0.786. The average molecular weight is 176 g/mol. The van der Waals surface area contributed by atoms with E-state index in [9.17, 15) is 0 Å². The molecule has 2 heteroatoms. The van der Waals surface area contributed by atoms with E-state index in [1.54, 1.807) is 0 Å². The molecule has 0 amide bonds. The second-order valence-electron chi connectivity index (χ2n) is 4.19. The van der Waals surface area contributed by atoms with E-state index in [2.05, 4.69) is 29.9 Å². The molecule has 1 aromatic heterocycles. The molecule has 0 unspecified atom stereocenters. The Balaban J connectivity index is 2.36. The fraction of sp³-hybridized carbons (Fsp3) is 0.636. The van der Waals surface area contributed by atoms with Crippen molar-refractivity contribution in [2.45, 2.75) is 45.4 Å². The molecule has 0 bridgehead atoms. The third kappa shape index (κ3) is 1.87. The smallest absolute Gasteiger partial charge is 0.125 e. The molecule has 70 valence electrons. The normalized spacial score (nSPS) is 16.6. The highest BCUT2D eigenvalue weighted by Gasteiger charge is 2.25. The Bertz CT molecular complexity index is 294. The molecule has 1 fully saturated rings. The summed E-state index contributed by atoms with van der Waals surface area (Å²) >= 11 is 0. The van der Waals surface area contributed by atoms with Gasteiger partial charge >= 0.3 is 0 Å². The van der Waals surface area contributed by atoms with Gasteiger partial charge in [0.2, 0.25) is 0 Å². The van der Waals surface area contributed by atoms with Crippen molar-refractivity contribution in [3.8, 4) is 0 Å². The van der Waals surface area contributed by atoms with Crippen molar-refractivity contribution in [3.05, 3.63) is 23.3 Å². The Morgan fingerprint density at radius 1 is 1.31 bits per heavy atom. The summed E-state index contributed by atoms with van der Waals surface area (Å²) in [6, 6.07) is 2.18. The van der Waals surface area contributed by atoms with Gasteiger partial charge < -0.3 is 0 Å². The maximum absolute atomic E-state index is 4.47. The summed E-state index contributed by atoms with van der Waals surface area (Å²) in [6.45, 7) is 6.34. The van der Waals surface area contributed by atoms with Gasteiger partial charge in [0.1, 0.15) is 5.82 Å². The number of hydrogen-bond donors (Lipinski definition) is 0. The van der Waals surface area contributed by atoms with E-state index in [1.807, 2.05) is 6.92 Å². The minimum Gasteiger partial charge on any atom is -0.238 e. The zero-order chi connectivity index (χ0) is 9.42. The first-order valence-corrected chi connectivity index (χ1v) is 5.02. The minimum atomic E-state index is 0.513. The molecule has 1 heterocycles. The van der Waals surface area contributed by atoms with Gasteiger partial charge in [-0.15, -0.1) is 0 Å². The Labute approximate surface area is 79.4 Å². The Hall–Kier alpha value is -0.920. The SMILES string of the molecule is Cc1nc(C(C)C)cc(C2CC2)n1. The molecule has 1 saturated carbocycles.